The Hall–Kier alpha value is -2.79. The molecule has 3 rings (SSSR count). The molecule has 3 heterocycles. The van der Waals surface area contributed by atoms with Gasteiger partial charge in [0.05, 0.1) is 6.04 Å². The van der Waals surface area contributed by atoms with Gasteiger partial charge in [-0.15, -0.1) is 0 Å². The minimum Gasteiger partial charge on any atom is -0.375 e. The van der Waals surface area contributed by atoms with Gasteiger partial charge in [0.25, 0.3) is 0 Å². The van der Waals surface area contributed by atoms with Crippen LogP contribution in [0.1, 0.15) is 31.7 Å². The summed E-state index contributed by atoms with van der Waals surface area (Å²) in [5.74, 6) is 0.357. The zero-order chi connectivity index (χ0) is 23.3. The van der Waals surface area contributed by atoms with Gasteiger partial charge in [-0.3, -0.25) is 14.5 Å². The number of nitrogens with zero attached hydrogens (tertiary/aromatic N) is 4. The lowest BCUT2D eigenvalue weighted by atomic mass is 10.0. The van der Waals surface area contributed by atoms with Crippen molar-refractivity contribution >= 4 is 17.8 Å². The number of nitrogens with one attached hydrogen (secondary N) is 3. The summed E-state index contributed by atoms with van der Waals surface area (Å²) in [5.41, 5.74) is 0.897. The molecule has 2 fully saturated rings. The van der Waals surface area contributed by atoms with Crippen LogP contribution in [0.4, 0.5) is 4.79 Å². The molecule has 0 spiro atoms. The third-order valence-electron chi connectivity index (χ3n) is 5.61. The maximum atomic E-state index is 13.4. The Morgan fingerprint density at radius 3 is 2.62 bits per heavy atom. The van der Waals surface area contributed by atoms with Crippen molar-refractivity contribution in [2.75, 3.05) is 33.4 Å². The highest BCUT2D eigenvalue weighted by Crippen LogP contribution is 2.27. The van der Waals surface area contributed by atoms with Crippen molar-refractivity contribution in [3.8, 4) is 0 Å². The highest BCUT2D eigenvalue weighted by Gasteiger charge is 2.45. The largest absolute Gasteiger partial charge is 0.375 e. The summed E-state index contributed by atoms with van der Waals surface area (Å²) in [4.78, 5) is 49.8. The average molecular weight is 448 g/mol. The number of carbonyl (C=O) groups is 3. The fourth-order valence-electron chi connectivity index (χ4n) is 4.22. The number of piperazine rings is 1. The van der Waals surface area contributed by atoms with Crippen molar-refractivity contribution in [1.29, 1.82) is 0 Å². The summed E-state index contributed by atoms with van der Waals surface area (Å²) >= 11 is 0. The summed E-state index contributed by atoms with van der Waals surface area (Å²) in [5, 5.41) is 8.58. The number of methoxy groups -OCH3 is 1. The predicted octanol–water partition coefficient (Wildman–Crippen LogP) is -0.591. The van der Waals surface area contributed by atoms with Crippen LogP contribution in [0, 0.1) is 6.92 Å². The molecule has 2 aliphatic rings. The van der Waals surface area contributed by atoms with E-state index >= 15 is 0 Å². The van der Waals surface area contributed by atoms with E-state index in [1.54, 1.807) is 12.4 Å². The summed E-state index contributed by atoms with van der Waals surface area (Å²) in [6, 6.07) is -0.836. The molecule has 4 amide bonds. The number of carbonyl (C=O) groups excluding carboxylic acids is 3. The first kappa shape index (κ1) is 23.9. The average Bonchev–Trinajstić information content (AvgIpc) is 3.11. The fourth-order valence-corrected chi connectivity index (χ4v) is 4.22. The first-order valence-electron chi connectivity index (χ1n) is 10.9. The number of urea groups is 1. The maximum absolute atomic E-state index is 13.4. The van der Waals surface area contributed by atoms with E-state index in [9.17, 15) is 14.4 Å². The number of hydrogen-bond donors (Lipinski definition) is 3. The smallest absolute Gasteiger partial charge is 0.315 e. The Morgan fingerprint density at radius 1 is 1.25 bits per heavy atom. The van der Waals surface area contributed by atoms with E-state index in [-0.39, 0.29) is 49.1 Å². The van der Waals surface area contributed by atoms with Crippen molar-refractivity contribution in [1.82, 2.24) is 35.7 Å². The van der Waals surface area contributed by atoms with Crippen LogP contribution < -0.4 is 16.0 Å². The molecule has 0 bridgehead atoms. The number of ether oxygens (including phenoxy) is 1. The third kappa shape index (κ3) is 6.13. The number of fused-ring (bicyclic) bond motifs is 1. The second-order valence-electron chi connectivity index (χ2n) is 8.67. The second kappa shape index (κ2) is 10.7. The molecule has 0 radical (unpaired) electrons. The van der Waals surface area contributed by atoms with Gasteiger partial charge in [-0.2, -0.15) is 0 Å². The lowest BCUT2D eigenvalue weighted by Gasteiger charge is -2.42. The number of aryl methyl sites for hydroxylation is 1. The second-order valence-corrected chi connectivity index (χ2v) is 8.67. The van der Waals surface area contributed by atoms with Gasteiger partial charge in [0.1, 0.15) is 18.5 Å². The molecule has 2 aliphatic heterocycles. The Kier molecular flexibility index (Phi) is 7.97. The van der Waals surface area contributed by atoms with E-state index in [1.807, 2.05) is 25.7 Å². The van der Waals surface area contributed by atoms with Crippen LogP contribution in [0.25, 0.3) is 0 Å². The van der Waals surface area contributed by atoms with E-state index in [0.29, 0.717) is 31.9 Å². The molecule has 3 N–H and O–H groups in total. The van der Waals surface area contributed by atoms with Crippen molar-refractivity contribution in [3.05, 3.63) is 23.8 Å². The standard InChI is InChI=1S/C21H33N7O4/c1-13(2)25-21(31)26-16-5-17-11-27(9-15-6-22-14(3)23-7-15)18(20(30)28(17)10-16)8-24-19(29)12-32-4/h6-7,13,16-18H,5,8-12H2,1-4H3,(H,24,29)(H2,25,26,31)/t16-,17-,18-/m0/s1. The Labute approximate surface area is 188 Å². The molecule has 11 heteroatoms. The molecule has 0 unspecified atom stereocenters. The number of hydrogen-bond acceptors (Lipinski definition) is 7. The van der Waals surface area contributed by atoms with E-state index in [4.69, 9.17) is 4.74 Å². The van der Waals surface area contributed by atoms with Gasteiger partial charge < -0.3 is 25.6 Å². The number of amides is 4. The fraction of sp³-hybridized carbons (Fsp3) is 0.667. The minimum absolute atomic E-state index is 0.0101. The van der Waals surface area contributed by atoms with Crippen LogP contribution in [0.2, 0.25) is 0 Å². The molecule has 0 saturated carbocycles. The summed E-state index contributed by atoms with van der Waals surface area (Å²) in [7, 11) is 1.45. The Morgan fingerprint density at radius 2 is 1.97 bits per heavy atom. The van der Waals surface area contributed by atoms with Gasteiger partial charge in [0.15, 0.2) is 0 Å². The SMILES string of the molecule is COCC(=O)NC[C@H]1C(=O)N2C[C@@H](NC(=O)NC(C)C)C[C@H]2CN1Cc1cnc(C)nc1. The normalized spacial score (nSPS) is 23.2. The van der Waals surface area contributed by atoms with Crippen LogP contribution in [-0.2, 0) is 20.9 Å². The Bertz CT molecular complexity index is 817. The molecule has 0 aromatic carbocycles. The van der Waals surface area contributed by atoms with Crippen molar-refractivity contribution in [2.45, 2.75) is 57.9 Å². The zero-order valence-electron chi connectivity index (χ0n) is 19.1. The van der Waals surface area contributed by atoms with Crippen LogP contribution in [0.5, 0.6) is 0 Å². The highest BCUT2D eigenvalue weighted by molar-refractivity contribution is 5.85. The predicted molar refractivity (Wildman–Crippen MR) is 117 cm³/mol. The summed E-state index contributed by atoms with van der Waals surface area (Å²) < 4.78 is 4.87. The molecular formula is C21H33N7O4. The lowest BCUT2D eigenvalue weighted by Crippen LogP contribution is -2.62. The van der Waals surface area contributed by atoms with Gasteiger partial charge in [0.2, 0.25) is 11.8 Å². The first-order chi connectivity index (χ1) is 15.3. The molecule has 0 aliphatic carbocycles. The van der Waals surface area contributed by atoms with Crippen LogP contribution >= 0.6 is 0 Å². The Balaban J connectivity index is 1.71. The van der Waals surface area contributed by atoms with Crippen molar-refractivity contribution in [2.24, 2.45) is 0 Å². The van der Waals surface area contributed by atoms with Crippen LogP contribution in [0.15, 0.2) is 12.4 Å². The summed E-state index contributed by atoms with van der Waals surface area (Å²) in [6.07, 6.45) is 4.20. The first-order valence-corrected chi connectivity index (χ1v) is 10.9. The molecule has 32 heavy (non-hydrogen) atoms. The van der Waals surface area contributed by atoms with E-state index in [0.717, 1.165) is 5.56 Å². The molecule has 1 aromatic rings. The van der Waals surface area contributed by atoms with E-state index in [1.165, 1.54) is 7.11 Å². The molecule has 11 nitrogen and oxygen atoms in total. The lowest BCUT2D eigenvalue weighted by molar-refractivity contribution is -0.144. The number of rotatable bonds is 8. The molecule has 176 valence electrons. The quantitative estimate of drug-likeness (QED) is 0.486. The zero-order valence-corrected chi connectivity index (χ0v) is 19.1. The van der Waals surface area contributed by atoms with Crippen molar-refractivity contribution in [3.63, 3.8) is 0 Å². The highest BCUT2D eigenvalue weighted by atomic mass is 16.5. The molecule has 2 saturated heterocycles. The molecule has 3 atom stereocenters. The van der Waals surface area contributed by atoms with Crippen LogP contribution in [-0.4, -0.2) is 95.1 Å². The molecular weight excluding hydrogens is 414 g/mol. The van der Waals surface area contributed by atoms with Crippen molar-refractivity contribution < 1.29 is 19.1 Å². The topological polar surface area (TPSA) is 129 Å². The van der Waals surface area contributed by atoms with Gasteiger partial charge in [0, 0.05) is 63.3 Å². The van der Waals surface area contributed by atoms with Gasteiger partial charge in [-0.25, -0.2) is 14.8 Å². The maximum Gasteiger partial charge on any atom is 0.315 e. The minimum atomic E-state index is -0.517. The van der Waals surface area contributed by atoms with Gasteiger partial charge >= 0.3 is 6.03 Å². The number of aromatic nitrogens is 2. The summed E-state index contributed by atoms with van der Waals surface area (Å²) in [6.45, 7) is 7.33. The monoisotopic (exact) mass is 447 g/mol. The molecule has 1 aromatic heterocycles. The van der Waals surface area contributed by atoms with Crippen LogP contribution in [0.3, 0.4) is 0 Å². The van der Waals surface area contributed by atoms with Gasteiger partial charge in [-0.1, -0.05) is 0 Å². The van der Waals surface area contributed by atoms with E-state index in [2.05, 4.69) is 30.8 Å². The third-order valence-corrected chi connectivity index (χ3v) is 5.61. The van der Waals surface area contributed by atoms with E-state index < -0.39 is 6.04 Å². The van der Waals surface area contributed by atoms with Gasteiger partial charge in [-0.05, 0) is 27.2 Å².